The van der Waals surface area contributed by atoms with E-state index in [2.05, 4.69) is 4.74 Å². The van der Waals surface area contributed by atoms with Gasteiger partial charge < -0.3 is 9.47 Å². The molecule has 0 bridgehead atoms. The summed E-state index contributed by atoms with van der Waals surface area (Å²) in [6, 6.07) is 0. The van der Waals surface area contributed by atoms with E-state index in [4.69, 9.17) is 4.74 Å². The molecule has 0 aromatic rings. The van der Waals surface area contributed by atoms with Crippen molar-refractivity contribution in [2.45, 2.75) is 27.7 Å². The molecule has 0 aliphatic carbocycles. The molecule has 4 nitrogen and oxygen atoms in total. The first kappa shape index (κ1) is 12.7. The third kappa shape index (κ3) is 5.35. The lowest BCUT2D eigenvalue weighted by Crippen LogP contribution is -2.11. The minimum absolute atomic E-state index is 0.208. The fourth-order valence-electron chi connectivity index (χ4n) is 0.656. The van der Waals surface area contributed by atoms with Crippen LogP contribution >= 0.6 is 0 Å². The first-order valence-electron chi connectivity index (χ1n) is 4.54. The van der Waals surface area contributed by atoms with E-state index in [1.807, 2.05) is 0 Å². The first-order valence-corrected chi connectivity index (χ1v) is 4.54. The summed E-state index contributed by atoms with van der Waals surface area (Å²) >= 11 is 0. The van der Waals surface area contributed by atoms with Gasteiger partial charge >= 0.3 is 11.9 Å². The minimum Gasteiger partial charge on any atom is -0.463 e. The smallest absolute Gasteiger partial charge is 0.334 e. The Labute approximate surface area is 83.9 Å². The quantitative estimate of drug-likeness (QED) is 0.393. The van der Waals surface area contributed by atoms with Gasteiger partial charge in [-0.1, -0.05) is 13.8 Å². The highest BCUT2D eigenvalue weighted by Gasteiger charge is 2.09. The van der Waals surface area contributed by atoms with E-state index in [9.17, 15) is 9.59 Å². The molecule has 0 heterocycles. The fourth-order valence-corrected chi connectivity index (χ4v) is 0.656. The number of hydrogen-bond acceptors (Lipinski definition) is 4. The SMILES string of the molecule is CCOC(=O)/C=C(/C)OC(=O)C(C)C. The number of hydrogen-bond donors (Lipinski definition) is 0. The van der Waals surface area contributed by atoms with Gasteiger partial charge in [0.25, 0.3) is 0 Å². The summed E-state index contributed by atoms with van der Waals surface area (Å²) in [6.45, 7) is 7.00. The largest absolute Gasteiger partial charge is 0.463 e. The molecule has 0 aliphatic rings. The highest BCUT2D eigenvalue weighted by atomic mass is 16.5. The lowest BCUT2D eigenvalue weighted by Gasteiger charge is -2.06. The predicted molar refractivity (Wildman–Crippen MR) is 51.3 cm³/mol. The number of allylic oxidation sites excluding steroid dienone is 1. The Balaban J connectivity index is 4.13. The standard InChI is InChI=1S/C10H16O4/c1-5-13-9(11)6-8(4)14-10(12)7(2)3/h6-7H,5H2,1-4H3/b8-6-. The van der Waals surface area contributed by atoms with Gasteiger partial charge in [0.1, 0.15) is 5.76 Å². The predicted octanol–water partition coefficient (Wildman–Crippen LogP) is 1.65. The first-order chi connectivity index (χ1) is 6.47. The van der Waals surface area contributed by atoms with Crippen LogP contribution in [-0.4, -0.2) is 18.5 Å². The zero-order valence-electron chi connectivity index (χ0n) is 8.99. The van der Waals surface area contributed by atoms with Gasteiger partial charge in [-0.2, -0.15) is 0 Å². The van der Waals surface area contributed by atoms with Gasteiger partial charge in [0.05, 0.1) is 18.6 Å². The molecule has 80 valence electrons. The van der Waals surface area contributed by atoms with Gasteiger partial charge in [0.2, 0.25) is 0 Å². The highest BCUT2D eigenvalue weighted by molar-refractivity contribution is 5.83. The molecule has 4 heteroatoms. The van der Waals surface area contributed by atoms with Crippen molar-refractivity contribution in [3.8, 4) is 0 Å². The summed E-state index contributed by atoms with van der Waals surface area (Å²) in [6.07, 6.45) is 1.16. The van der Waals surface area contributed by atoms with E-state index in [0.717, 1.165) is 6.08 Å². The van der Waals surface area contributed by atoms with Crippen LogP contribution < -0.4 is 0 Å². The molecule has 0 N–H and O–H groups in total. The Hall–Kier alpha value is -1.32. The molecule has 0 spiro atoms. The van der Waals surface area contributed by atoms with Crippen LogP contribution in [0.4, 0.5) is 0 Å². The van der Waals surface area contributed by atoms with Crippen LogP contribution in [-0.2, 0) is 19.1 Å². The molecular weight excluding hydrogens is 184 g/mol. The zero-order chi connectivity index (χ0) is 11.1. The van der Waals surface area contributed by atoms with Crippen LogP contribution in [0.15, 0.2) is 11.8 Å². The molecule has 0 fully saturated rings. The van der Waals surface area contributed by atoms with Crippen LogP contribution in [0.3, 0.4) is 0 Å². The van der Waals surface area contributed by atoms with Crippen molar-refractivity contribution in [3.63, 3.8) is 0 Å². The number of esters is 2. The van der Waals surface area contributed by atoms with Crippen molar-refractivity contribution < 1.29 is 19.1 Å². The monoisotopic (exact) mass is 200 g/mol. The van der Waals surface area contributed by atoms with Gasteiger partial charge in [-0.15, -0.1) is 0 Å². The molecule has 0 radical (unpaired) electrons. The number of carbonyl (C=O) groups is 2. The number of rotatable bonds is 4. The molecule has 0 atom stereocenters. The van der Waals surface area contributed by atoms with Gasteiger partial charge in [0, 0.05) is 0 Å². The molecule has 0 aromatic heterocycles. The van der Waals surface area contributed by atoms with Gasteiger partial charge in [0.15, 0.2) is 0 Å². The van der Waals surface area contributed by atoms with Crippen molar-refractivity contribution >= 4 is 11.9 Å². The second kappa shape index (κ2) is 6.18. The maximum Gasteiger partial charge on any atom is 0.334 e. The lowest BCUT2D eigenvalue weighted by atomic mass is 10.2. The average Bonchev–Trinajstić information content (AvgIpc) is 2.03. The van der Waals surface area contributed by atoms with E-state index in [0.29, 0.717) is 6.61 Å². The summed E-state index contributed by atoms with van der Waals surface area (Å²) in [4.78, 5) is 22.0. The molecule has 0 saturated carbocycles. The summed E-state index contributed by atoms with van der Waals surface area (Å²) in [5, 5.41) is 0. The molecule has 0 rings (SSSR count). The summed E-state index contributed by atoms with van der Waals surface area (Å²) in [5.74, 6) is -0.813. The fraction of sp³-hybridized carbons (Fsp3) is 0.600. The minimum atomic E-state index is -0.499. The van der Waals surface area contributed by atoms with E-state index in [1.54, 1.807) is 20.8 Å². The molecule has 0 aliphatic heterocycles. The van der Waals surface area contributed by atoms with Crippen molar-refractivity contribution in [2.24, 2.45) is 5.92 Å². The number of carbonyl (C=O) groups excluding carboxylic acids is 2. The topological polar surface area (TPSA) is 52.6 Å². The van der Waals surface area contributed by atoms with Crippen molar-refractivity contribution in [1.29, 1.82) is 0 Å². The Bertz CT molecular complexity index is 241. The maximum absolute atomic E-state index is 11.1. The molecule has 0 aromatic carbocycles. The third-order valence-corrected chi connectivity index (χ3v) is 1.34. The van der Waals surface area contributed by atoms with Crippen LogP contribution in [0.1, 0.15) is 27.7 Å². The lowest BCUT2D eigenvalue weighted by molar-refractivity contribution is -0.143. The number of ether oxygens (including phenoxy) is 2. The van der Waals surface area contributed by atoms with E-state index < -0.39 is 5.97 Å². The van der Waals surface area contributed by atoms with E-state index in [1.165, 1.54) is 6.92 Å². The van der Waals surface area contributed by atoms with Crippen molar-refractivity contribution in [3.05, 3.63) is 11.8 Å². The summed E-state index contributed by atoms with van der Waals surface area (Å²) in [7, 11) is 0. The molecule has 0 unspecified atom stereocenters. The van der Waals surface area contributed by atoms with Crippen LogP contribution in [0.5, 0.6) is 0 Å². The van der Waals surface area contributed by atoms with E-state index in [-0.39, 0.29) is 17.6 Å². The van der Waals surface area contributed by atoms with Gasteiger partial charge in [-0.05, 0) is 13.8 Å². The van der Waals surface area contributed by atoms with Crippen LogP contribution in [0.25, 0.3) is 0 Å². The molecule has 0 saturated heterocycles. The summed E-state index contributed by atoms with van der Waals surface area (Å²) < 4.78 is 9.50. The maximum atomic E-state index is 11.1. The molecule has 14 heavy (non-hydrogen) atoms. The zero-order valence-corrected chi connectivity index (χ0v) is 8.99. The Morgan fingerprint density at radius 2 is 1.93 bits per heavy atom. The Morgan fingerprint density at radius 1 is 1.36 bits per heavy atom. The Kier molecular flexibility index (Phi) is 5.60. The van der Waals surface area contributed by atoms with Gasteiger partial charge in [-0.3, -0.25) is 4.79 Å². The second-order valence-corrected chi connectivity index (χ2v) is 3.08. The normalized spacial score (nSPS) is 11.4. The summed E-state index contributed by atoms with van der Waals surface area (Å²) in [5.41, 5.74) is 0. The Morgan fingerprint density at radius 3 is 2.36 bits per heavy atom. The molecule has 0 amide bonds. The average molecular weight is 200 g/mol. The van der Waals surface area contributed by atoms with Crippen LogP contribution in [0.2, 0.25) is 0 Å². The van der Waals surface area contributed by atoms with Crippen molar-refractivity contribution in [1.82, 2.24) is 0 Å². The second-order valence-electron chi connectivity index (χ2n) is 3.08. The van der Waals surface area contributed by atoms with Crippen molar-refractivity contribution in [2.75, 3.05) is 6.61 Å². The van der Waals surface area contributed by atoms with E-state index >= 15 is 0 Å². The third-order valence-electron chi connectivity index (χ3n) is 1.34. The van der Waals surface area contributed by atoms with Crippen LogP contribution in [0, 0.1) is 5.92 Å². The highest BCUT2D eigenvalue weighted by Crippen LogP contribution is 2.03. The molecular formula is C10H16O4. The van der Waals surface area contributed by atoms with Gasteiger partial charge in [-0.25, -0.2) is 4.79 Å².